The number of pyridine rings is 1. The fourth-order valence-electron chi connectivity index (χ4n) is 1.87. The van der Waals surface area contributed by atoms with Crippen LogP contribution >= 0.6 is 11.6 Å². The molecule has 0 fully saturated rings. The first kappa shape index (κ1) is 18.7. The molecule has 0 aliphatic carbocycles. The van der Waals surface area contributed by atoms with Crippen molar-refractivity contribution in [2.24, 2.45) is 0 Å². The van der Waals surface area contributed by atoms with E-state index in [1.165, 1.54) is 18.6 Å². The molecule has 0 aliphatic rings. The van der Waals surface area contributed by atoms with Crippen molar-refractivity contribution in [2.45, 2.75) is 12.7 Å². The molecular formula is C14H13ClF3N5O2. The van der Waals surface area contributed by atoms with E-state index in [1.54, 1.807) is 0 Å². The van der Waals surface area contributed by atoms with Gasteiger partial charge >= 0.3 is 6.18 Å². The van der Waals surface area contributed by atoms with Crippen LogP contribution in [-0.4, -0.2) is 33.5 Å². The zero-order chi connectivity index (χ0) is 18.4. The smallest absolute Gasteiger partial charge is 0.367 e. The number of hydrogen-bond acceptors (Lipinski definition) is 5. The van der Waals surface area contributed by atoms with Gasteiger partial charge in [-0.2, -0.15) is 13.2 Å². The second-order valence-corrected chi connectivity index (χ2v) is 5.28. The summed E-state index contributed by atoms with van der Waals surface area (Å²) in [6.07, 6.45) is 0.378. The number of amides is 1. The van der Waals surface area contributed by atoms with E-state index in [-0.39, 0.29) is 6.54 Å². The number of aromatic nitrogens is 3. The molecule has 2 heterocycles. The molecule has 2 rings (SSSR count). The van der Waals surface area contributed by atoms with Gasteiger partial charge in [-0.15, -0.1) is 0 Å². The molecule has 25 heavy (non-hydrogen) atoms. The Morgan fingerprint density at radius 2 is 2.04 bits per heavy atom. The summed E-state index contributed by atoms with van der Waals surface area (Å²) in [5.41, 5.74) is -1.98. The molecule has 2 aromatic rings. The summed E-state index contributed by atoms with van der Waals surface area (Å²) in [7, 11) is 0. The summed E-state index contributed by atoms with van der Waals surface area (Å²) in [6, 6.07) is 0.531. The first-order chi connectivity index (χ1) is 11.8. The van der Waals surface area contributed by atoms with Crippen LogP contribution in [0.1, 0.15) is 5.56 Å². The highest BCUT2D eigenvalue weighted by molar-refractivity contribution is 6.30. The van der Waals surface area contributed by atoms with E-state index in [4.69, 9.17) is 11.6 Å². The van der Waals surface area contributed by atoms with E-state index >= 15 is 0 Å². The highest BCUT2D eigenvalue weighted by Gasteiger charge is 2.32. The fraction of sp³-hybridized carbons (Fsp3) is 0.286. The highest BCUT2D eigenvalue weighted by atomic mass is 35.5. The van der Waals surface area contributed by atoms with Crippen LogP contribution in [-0.2, 0) is 17.5 Å². The maximum atomic E-state index is 12.7. The Bertz CT molecular complexity index is 795. The van der Waals surface area contributed by atoms with Crippen LogP contribution in [0.3, 0.4) is 0 Å². The van der Waals surface area contributed by atoms with Gasteiger partial charge in [-0.05, 0) is 6.07 Å². The second kappa shape index (κ2) is 7.97. The summed E-state index contributed by atoms with van der Waals surface area (Å²) >= 11 is 5.52. The van der Waals surface area contributed by atoms with E-state index in [9.17, 15) is 22.8 Å². The van der Waals surface area contributed by atoms with E-state index in [1.807, 2.05) is 0 Å². The number of alkyl halides is 3. The summed E-state index contributed by atoms with van der Waals surface area (Å²) in [5, 5.41) is 4.75. The molecule has 0 bridgehead atoms. The molecule has 2 aromatic heterocycles. The zero-order valence-electron chi connectivity index (χ0n) is 12.7. The van der Waals surface area contributed by atoms with Crippen LogP contribution in [0.2, 0.25) is 5.02 Å². The van der Waals surface area contributed by atoms with E-state index < -0.39 is 34.8 Å². The lowest BCUT2D eigenvalue weighted by molar-refractivity contribution is -0.138. The first-order valence-electron chi connectivity index (χ1n) is 7.01. The summed E-state index contributed by atoms with van der Waals surface area (Å²) < 4.78 is 38.8. The molecule has 0 spiro atoms. The third-order valence-corrected chi connectivity index (χ3v) is 3.27. The summed E-state index contributed by atoms with van der Waals surface area (Å²) in [5.74, 6) is -0.115. The zero-order valence-corrected chi connectivity index (χ0v) is 13.4. The number of nitrogens with zero attached hydrogens (tertiary/aromatic N) is 3. The van der Waals surface area contributed by atoms with Crippen molar-refractivity contribution in [1.82, 2.24) is 19.9 Å². The third kappa shape index (κ3) is 5.45. The Balaban J connectivity index is 1.92. The second-order valence-electron chi connectivity index (χ2n) is 4.87. The average molecular weight is 376 g/mol. The number of halogens is 4. The van der Waals surface area contributed by atoms with E-state index in [0.717, 1.165) is 0 Å². The van der Waals surface area contributed by atoms with Gasteiger partial charge in [0.05, 0.1) is 11.8 Å². The van der Waals surface area contributed by atoms with Crippen LogP contribution in [0.4, 0.5) is 19.0 Å². The van der Waals surface area contributed by atoms with Crippen LogP contribution in [0, 0.1) is 0 Å². The molecule has 0 atom stereocenters. The predicted molar refractivity (Wildman–Crippen MR) is 84.2 cm³/mol. The minimum absolute atomic E-state index is 0.177. The van der Waals surface area contributed by atoms with Crippen LogP contribution in [0.5, 0.6) is 0 Å². The van der Waals surface area contributed by atoms with Crippen molar-refractivity contribution >= 4 is 23.3 Å². The molecule has 0 aliphatic heterocycles. The lowest BCUT2D eigenvalue weighted by Gasteiger charge is -2.12. The van der Waals surface area contributed by atoms with Crippen molar-refractivity contribution in [2.75, 3.05) is 18.4 Å². The van der Waals surface area contributed by atoms with Crippen molar-refractivity contribution in [3.05, 3.63) is 51.8 Å². The van der Waals surface area contributed by atoms with Crippen LogP contribution in [0.25, 0.3) is 0 Å². The van der Waals surface area contributed by atoms with Crippen molar-refractivity contribution < 1.29 is 18.0 Å². The minimum atomic E-state index is -4.67. The molecule has 2 N–H and O–H groups in total. The Morgan fingerprint density at radius 3 is 2.68 bits per heavy atom. The van der Waals surface area contributed by atoms with E-state index in [2.05, 4.69) is 20.6 Å². The molecule has 0 saturated carbocycles. The fourth-order valence-corrected chi connectivity index (χ4v) is 2.09. The Morgan fingerprint density at radius 1 is 1.28 bits per heavy atom. The van der Waals surface area contributed by atoms with E-state index in [0.29, 0.717) is 29.2 Å². The van der Waals surface area contributed by atoms with Crippen molar-refractivity contribution in [3.63, 3.8) is 0 Å². The number of carbonyl (C=O) groups is 1. The monoisotopic (exact) mass is 375 g/mol. The van der Waals surface area contributed by atoms with Gasteiger partial charge in [-0.1, -0.05) is 11.6 Å². The van der Waals surface area contributed by atoms with Crippen LogP contribution < -0.4 is 16.2 Å². The van der Waals surface area contributed by atoms with Gasteiger partial charge in [-0.3, -0.25) is 14.6 Å². The topological polar surface area (TPSA) is 88.9 Å². The summed E-state index contributed by atoms with van der Waals surface area (Å²) in [4.78, 5) is 31.4. The number of nitrogens with one attached hydrogen (secondary N) is 2. The van der Waals surface area contributed by atoms with Crippen molar-refractivity contribution in [1.29, 1.82) is 0 Å². The van der Waals surface area contributed by atoms with Crippen LogP contribution in [0.15, 0.2) is 35.6 Å². The number of hydrogen-bond donors (Lipinski definition) is 2. The number of carbonyl (C=O) groups excluding carboxylic acids is 1. The number of rotatable bonds is 6. The minimum Gasteiger partial charge on any atom is -0.367 e. The van der Waals surface area contributed by atoms with Gasteiger partial charge < -0.3 is 15.2 Å². The molecule has 11 heteroatoms. The Labute approximate surface area is 144 Å². The maximum Gasteiger partial charge on any atom is 0.417 e. The maximum absolute atomic E-state index is 12.7. The normalized spacial score (nSPS) is 11.2. The third-order valence-electron chi connectivity index (χ3n) is 3.00. The van der Waals surface area contributed by atoms with Crippen molar-refractivity contribution in [3.8, 4) is 0 Å². The first-order valence-corrected chi connectivity index (χ1v) is 7.39. The molecule has 134 valence electrons. The molecule has 0 aromatic carbocycles. The van der Waals surface area contributed by atoms with Gasteiger partial charge in [0.1, 0.15) is 17.4 Å². The lowest BCUT2D eigenvalue weighted by atomic mass is 10.2. The number of anilines is 1. The average Bonchev–Trinajstić information content (AvgIpc) is 2.55. The SMILES string of the molecule is O=C(Cn1cc(C(F)(F)F)cc(Cl)c1=O)NCCNc1cnccn1. The molecule has 1 amide bonds. The highest BCUT2D eigenvalue weighted by Crippen LogP contribution is 2.29. The van der Waals surface area contributed by atoms with Gasteiger partial charge in [0.25, 0.3) is 5.56 Å². The quantitative estimate of drug-likeness (QED) is 0.748. The molecule has 0 radical (unpaired) electrons. The molecular weight excluding hydrogens is 363 g/mol. The van der Waals surface area contributed by atoms with Gasteiger partial charge in [0.15, 0.2) is 0 Å². The lowest BCUT2D eigenvalue weighted by Crippen LogP contribution is -2.35. The van der Waals surface area contributed by atoms with Gasteiger partial charge in [0.2, 0.25) is 5.91 Å². The molecule has 0 saturated heterocycles. The predicted octanol–water partition coefficient (Wildman–Crippen LogP) is 1.54. The van der Waals surface area contributed by atoms with Gasteiger partial charge in [-0.25, -0.2) is 4.98 Å². The molecule has 0 unspecified atom stereocenters. The largest absolute Gasteiger partial charge is 0.417 e. The molecule has 7 nitrogen and oxygen atoms in total. The van der Waals surface area contributed by atoms with Gasteiger partial charge in [0, 0.05) is 31.7 Å². The summed E-state index contributed by atoms with van der Waals surface area (Å²) in [6.45, 7) is -0.0762. The Kier molecular flexibility index (Phi) is 5.97. The standard InChI is InChI=1S/C14H13ClF3N5O2/c15-10-5-9(14(16,17)18)7-23(13(10)25)8-12(24)22-4-3-21-11-6-19-1-2-20-11/h1-2,5-7H,3-4,8H2,(H,20,21)(H,22,24). The Hall–Kier alpha value is -2.62.